The summed E-state index contributed by atoms with van der Waals surface area (Å²) in [5.41, 5.74) is 0. The molecule has 3 nitrogen and oxygen atoms in total. The molecule has 0 fully saturated rings. The van der Waals surface area contributed by atoms with E-state index in [0.717, 1.165) is 0 Å². The van der Waals surface area contributed by atoms with E-state index < -0.39 is 8.26 Å². The first-order chi connectivity index (χ1) is 5.35. The van der Waals surface area contributed by atoms with Gasteiger partial charge in [0.15, 0.2) is 0 Å². The van der Waals surface area contributed by atoms with Gasteiger partial charge in [0, 0.05) is 21.4 Å². The van der Waals surface area contributed by atoms with Crippen LogP contribution in [0.1, 0.15) is 20.8 Å². The Hall–Kier alpha value is 0.490. The highest BCUT2D eigenvalue weighted by Crippen LogP contribution is 1.98. The Morgan fingerprint density at radius 3 is 1.17 bits per heavy atom. The Morgan fingerprint density at radius 1 is 1.00 bits per heavy atom. The second-order valence-electron chi connectivity index (χ2n) is 2.00. The number of nitrogens with zero attached hydrogens (tertiary/aromatic N) is 1. The van der Waals surface area contributed by atoms with Crippen LogP contribution in [0.4, 0.5) is 0 Å². The molecule has 0 aliphatic carbocycles. The van der Waals surface area contributed by atoms with Crippen molar-refractivity contribution in [2.24, 2.45) is 0 Å². The standard InChI is InChI=1S/C6H15N.Cl2O2S/c1-4-7(5-2)6-3;1-5(2,3)4/h4-6H2,1-3H3;. The van der Waals surface area contributed by atoms with Crippen LogP contribution in [0.3, 0.4) is 0 Å². The molecule has 0 spiro atoms. The molecule has 6 heteroatoms. The minimum atomic E-state index is -3.72. The zero-order valence-electron chi connectivity index (χ0n) is 7.55. The maximum atomic E-state index is 9.16. The summed E-state index contributed by atoms with van der Waals surface area (Å²) >= 11 is 0. The molecule has 0 radical (unpaired) electrons. The molecule has 0 bridgehead atoms. The number of hydrogen-bond acceptors (Lipinski definition) is 3. The molecular weight excluding hydrogens is 221 g/mol. The van der Waals surface area contributed by atoms with Crippen molar-refractivity contribution in [3.8, 4) is 0 Å². The lowest BCUT2D eigenvalue weighted by Gasteiger charge is -2.13. The summed E-state index contributed by atoms with van der Waals surface area (Å²) in [6, 6.07) is 0. The quantitative estimate of drug-likeness (QED) is 0.704. The molecule has 0 aliphatic rings. The van der Waals surface area contributed by atoms with Crippen LogP contribution in [-0.4, -0.2) is 33.0 Å². The SMILES string of the molecule is CCN(CC)CC.O=S(=O)(Cl)Cl. The fourth-order valence-corrected chi connectivity index (χ4v) is 0.671. The van der Waals surface area contributed by atoms with Crippen LogP contribution in [0.5, 0.6) is 0 Å². The average Bonchev–Trinajstić information content (AvgIpc) is 1.88. The summed E-state index contributed by atoms with van der Waals surface area (Å²) in [5.74, 6) is 0. The third kappa shape index (κ3) is 22.4. The van der Waals surface area contributed by atoms with E-state index in [1.165, 1.54) is 19.6 Å². The van der Waals surface area contributed by atoms with E-state index in [9.17, 15) is 0 Å². The fraction of sp³-hybridized carbons (Fsp3) is 1.00. The first kappa shape index (κ1) is 15.0. The Kier molecular flexibility index (Phi) is 10.1. The number of hydrogen-bond donors (Lipinski definition) is 0. The summed E-state index contributed by atoms with van der Waals surface area (Å²) in [7, 11) is 4.81. The Balaban J connectivity index is 0. The largest absolute Gasteiger partial charge is 0.317 e. The van der Waals surface area contributed by atoms with Gasteiger partial charge >= 0.3 is 8.26 Å². The molecule has 0 rings (SSSR count). The van der Waals surface area contributed by atoms with Gasteiger partial charge in [-0.1, -0.05) is 20.8 Å². The summed E-state index contributed by atoms with van der Waals surface area (Å²) in [6.45, 7) is 10.1. The molecule has 0 N–H and O–H groups in total. The van der Waals surface area contributed by atoms with Crippen LogP contribution in [-0.2, 0) is 8.26 Å². The smallest absolute Gasteiger partial charge is 0.304 e. The number of halogens is 2. The zero-order chi connectivity index (χ0) is 10.2. The van der Waals surface area contributed by atoms with Crippen molar-refractivity contribution in [3.63, 3.8) is 0 Å². The Labute approximate surface area is 83.6 Å². The maximum Gasteiger partial charge on any atom is 0.317 e. The van der Waals surface area contributed by atoms with Gasteiger partial charge in [-0.15, -0.1) is 0 Å². The predicted octanol–water partition coefficient (Wildman–Crippen LogP) is 2.06. The minimum Gasteiger partial charge on any atom is -0.304 e. The van der Waals surface area contributed by atoms with Gasteiger partial charge in [-0.2, -0.15) is 8.42 Å². The molecule has 0 atom stereocenters. The lowest BCUT2D eigenvalue weighted by Crippen LogP contribution is -2.21. The van der Waals surface area contributed by atoms with E-state index in [0.29, 0.717) is 0 Å². The Morgan fingerprint density at radius 2 is 1.17 bits per heavy atom. The molecule has 0 aliphatic heterocycles. The molecule has 0 aromatic heterocycles. The van der Waals surface area contributed by atoms with Gasteiger partial charge in [-0.3, -0.25) is 0 Å². The summed E-state index contributed by atoms with van der Waals surface area (Å²) < 4.78 is 18.3. The van der Waals surface area contributed by atoms with Crippen LogP contribution in [0.2, 0.25) is 0 Å². The lowest BCUT2D eigenvalue weighted by atomic mass is 10.5. The van der Waals surface area contributed by atoms with Crippen molar-refractivity contribution >= 4 is 29.6 Å². The van der Waals surface area contributed by atoms with Crippen LogP contribution in [0.15, 0.2) is 0 Å². The highest BCUT2D eigenvalue weighted by Gasteiger charge is 1.89. The molecular formula is C6H15Cl2NO2S. The predicted molar refractivity (Wildman–Crippen MR) is 54.1 cm³/mol. The highest BCUT2D eigenvalue weighted by molar-refractivity contribution is 8.31. The monoisotopic (exact) mass is 235 g/mol. The van der Waals surface area contributed by atoms with Crippen LogP contribution in [0.25, 0.3) is 0 Å². The van der Waals surface area contributed by atoms with E-state index >= 15 is 0 Å². The van der Waals surface area contributed by atoms with Crippen LogP contribution in [0, 0.1) is 0 Å². The van der Waals surface area contributed by atoms with E-state index in [1.807, 2.05) is 0 Å². The van der Waals surface area contributed by atoms with Crippen molar-refractivity contribution in [3.05, 3.63) is 0 Å². The highest BCUT2D eigenvalue weighted by atomic mass is 36.0. The number of rotatable bonds is 3. The third-order valence-corrected chi connectivity index (χ3v) is 1.34. The van der Waals surface area contributed by atoms with Crippen LogP contribution < -0.4 is 0 Å². The van der Waals surface area contributed by atoms with E-state index in [-0.39, 0.29) is 0 Å². The molecule has 0 aromatic carbocycles. The first-order valence-corrected chi connectivity index (χ1v) is 6.85. The molecule has 0 heterocycles. The van der Waals surface area contributed by atoms with Crippen molar-refractivity contribution in [2.45, 2.75) is 20.8 Å². The Bertz CT molecular complexity index is 164. The second kappa shape index (κ2) is 8.10. The molecule has 0 aromatic rings. The molecule has 0 saturated heterocycles. The zero-order valence-corrected chi connectivity index (χ0v) is 9.88. The topological polar surface area (TPSA) is 37.4 Å². The normalized spacial score (nSPS) is 10.8. The van der Waals surface area contributed by atoms with Crippen molar-refractivity contribution in [1.29, 1.82) is 0 Å². The van der Waals surface area contributed by atoms with E-state index in [2.05, 4.69) is 47.0 Å². The molecule has 12 heavy (non-hydrogen) atoms. The molecule has 0 amide bonds. The van der Waals surface area contributed by atoms with Gasteiger partial charge in [0.1, 0.15) is 0 Å². The van der Waals surface area contributed by atoms with Crippen molar-refractivity contribution in [2.75, 3.05) is 19.6 Å². The van der Waals surface area contributed by atoms with E-state index in [1.54, 1.807) is 0 Å². The van der Waals surface area contributed by atoms with Gasteiger partial charge in [0.2, 0.25) is 0 Å². The van der Waals surface area contributed by atoms with Gasteiger partial charge in [0.05, 0.1) is 0 Å². The van der Waals surface area contributed by atoms with Crippen LogP contribution >= 0.6 is 21.4 Å². The summed E-state index contributed by atoms with van der Waals surface area (Å²) in [6.07, 6.45) is 0. The molecule has 76 valence electrons. The average molecular weight is 236 g/mol. The fourth-order valence-electron chi connectivity index (χ4n) is 0.671. The summed E-state index contributed by atoms with van der Waals surface area (Å²) in [4.78, 5) is 2.38. The molecule has 0 saturated carbocycles. The van der Waals surface area contributed by atoms with Crippen molar-refractivity contribution < 1.29 is 8.42 Å². The third-order valence-electron chi connectivity index (χ3n) is 1.34. The van der Waals surface area contributed by atoms with Gasteiger partial charge in [-0.25, -0.2) is 0 Å². The first-order valence-electron chi connectivity index (χ1n) is 3.71. The lowest BCUT2D eigenvalue weighted by molar-refractivity contribution is 0.321. The second-order valence-corrected chi connectivity index (χ2v) is 5.67. The van der Waals surface area contributed by atoms with Gasteiger partial charge in [0.25, 0.3) is 0 Å². The van der Waals surface area contributed by atoms with Gasteiger partial charge in [-0.05, 0) is 19.6 Å². The van der Waals surface area contributed by atoms with Gasteiger partial charge < -0.3 is 4.90 Å². The summed E-state index contributed by atoms with van der Waals surface area (Å²) in [5, 5.41) is 0. The van der Waals surface area contributed by atoms with Crippen molar-refractivity contribution in [1.82, 2.24) is 4.90 Å². The molecule has 0 unspecified atom stereocenters. The minimum absolute atomic E-state index is 1.19. The van der Waals surface area contributed by atoms with E-state index in [4.69, 9.17) is 8.42 Å². The maximum absolute atomic E-state index is 9.16.